The highest BCUT2D eigenvalue weighted by atomic mass is 16.5. The number of aliphatic carboxylic acids is 1. The molecule has 1 saturated carbocycles. The predicted molar refractivity (Wildman–Crippen MR) is 66.9 cm³/mol. The van der Waals surface area contributed by atoms with Crippen molar-refractivity contribution in [1.29, 1.82) is 0 Å². The summed E-state index contributed by atoms with van der Waals surface area (Å²) < 4.78 is 10.6. The summed E-state index contributed by atoms with van der Waals surface area (Å²) in [6, 6.07) is 7.68. The average molecular weight is 250 g/mol. The second kappa shape index (κ2) is 5.87. The molecule has 0 heterocycles. The molecule has 1 fully saturated rings. The zero-order chi connectivity index (χ0) is 13.0. The van der Waals surface area contributed by atoms with Crippen LogP contribution < -0.4 is 4.74 Å². The van der Waals surface area contributed by atoms with Gasteiger partial charge in [0.15, 0.2) is 0 Å². The van der Waals surface area contributed by atoms with Crippen LogP contribution in [-0.4, -0.2) is 31.4 Å². The van der Waals surface area contributed by atoms with Gasteiger partial charge in [-0.25, -0.2) is 0 Å². The first-order valence-electron chi connectivity index (χ1n) is 6.17. The Bertz CT molecular complexity index is 416. The number of rotatable bonds is 6. The van der Waals surface area contributed by atoms with Gasteiger partial charge in [-0.3, -0.25) is 4.79 Å². The van der Waals surface area contributed by atoms with E-state index in [1.165, 1.54) is 0 Å². The van der Waals surface area contributed by atoms with Gasteiger partial charge in [-0.05, 0) is 24.5 Å². The fourth-order valence-electron chi connectivity index (χ4n) is 2.32. The van der Waals surface area contributed by atoms with E-state index < -0.39 is 5.97 Å². The number of carboxylic acid groups (broad SMARTS) is 1. The molecule has 0 radical (unpaired) electrons. The van der Waals surface area contributed by atoms with Gasteiger partial charge >= 0.3 is 5.97 Å². The third-order valence-electron chi connectivity index (χ3n) is 3.46. The molecule has 2 atom stereocenters. The maximum atomic E-state index is 11.1. The molecule has 0 aromatic heterocycles. The van der Waals surface area contributed by atoms with Crippen LogP contribution in [0, 0.1) is 5.92 Å². The molecule has 0 saturated heterocycles. The van der Waals surface area contributed by atoms with Crippen molar-refractivity contribution in [3.63, 3.8) is 0 Å². The van der Waals surface area contributed by atoms with Crippen LogP contribution in [0.15, 0.2) is 24.3 Å². The molecule has 2 rings (SSSR count). The Morgan fingerprint density at radius 2 is 2.11 bits per heavy atom. The highest BCUT2D eigenvalue weighted by molar-refractivity contribution is 5.73. The molecule has 0 aliphatic heterocycles. The SMILES string of the molecule is COCCOc1ccccc1C1CCC1C(=O)O. The summed E-state index contributed by atoms with van der Waals surface area (Å²) in [7, 11) is 1.63. The van der Waals surface area contributed by atoms with E-state index in [9.17, 15) is 4.79 Å². The van der Waals surface area contributed by atoms with Crippen LogP contribution in [0.1, 0.15) is 24.3 Å². The molecule has 2 unspecified atom stereocenters. The minimum absolute atomic E-state index is 0.0845. The fourth-order valence-corrected chi connectivity index (χ4v) is 2.32. The number of carbonyl (C=O) groups is 1. The molecule has 1 aromatic rings. The van der Waals surface area contributed by atoms with Crippen LogP contribution in [0.2, 0.25) is 0 Å². The van der Waals surface area contributed by atoms with Crippen molar-refractivity contribution in [1.82, 2.24) is 0 Å². The lowest BCUT2D eigenvalue weighted by molar-refractivity contribution is -0.145. The number of carboxylic acids is 1. The lowest BCUT2D eigenvalue weighted by Crippen LogP contribution is -2.31. The average Bonchev–Trinajstić information content (AvgIpc) is 2.29. The Morgan fingerprint density at radius 3 is 2.72 bits per heavy atom. The Morgan fingerprint density at radius 1 is 1.33 bits per heavy atom. The summed E-state index contributed by atoms with van der Waals surface area (Å²) >= 11 is 0. The van der Waals surface area contributed by atoms with E-state index in [1.807, 2.05) is 24.3 Å². The predicted octanol–water partition coefficient (Wildman–Crippen LogP) is 2.29. The molecule has 0 spiro atoms. The maximum Gasteiger partial charge on any atom is 0.307 e. The summed E-state index contributed by atoms with van der Waals surface area (Å²) in [4.78, 5) is 11.1. The quantitative estimate of drug-likeness (QED) is 0.787. The standard InChI is InChI=1S/C14H18O4/c1-17-8-9-18-13-5-3-2-4-11(13)10-6-7-12(10)14(15)16/h2-5,10,12H,6-9H2,1H3,(H,15,16). The largest absolute Gasteiger partial charge is 0.491 e. The van der Waals surface area contributed by atoms with Crippen molar-refractivity contribution in [2.75, 3.05) is 20.3 Å². The Balaban J connectivity index is 2.09. The van der Waals surface area contributed by atoms with Gasteiger partial charge in [-0.1, -0.05) is 18.2 Å². The second-order valence-corrected chi connectivity index (χ2v) is 4.51. The van der Waals surface area contributed by atoms with E-state index in [0.717, 1.165) is 24.2 Å². The van der Waals surface area contributed by atoms with Gasteiger partial charge in [-0.15, -0.1) is 0 Å². The minimum Gasteiger partial charge on any atom is -0.491 e. The molecule has 1 aliphatic rings. The second-order valence-electron chi connectivity index (χ2n) is 4.51. The van der Waals surface area contributed by atoms with Gasteiger partial charge in [0.05, 0.1) is 12.5 Å². The fraction of sp³-hybridized carbons (Fsp3) is 0.500. The van der Waals surface area contributed by atoms with Crippen molar-refractivity contribution in [2.45, 2.75) is 18.8 Å². The summed E-state index contributed by atoms with van der Waals surface area (Å²) in [5, 5.41) is 9.11. The molecule has 4 heteroatoms. The van der Waals surface area contributed by atoms with Crippen molar-refractivity contribution >= 4 is 5.97 Å². The topological polar surface area (TPSA) is 55.8 Å². The van der Waals surface area contributed by atoms with E-state index in [1.54, 1.807) is 7.11 Å². The van der Waals surface area contributed by atoms with E-state index in [4.69, 9.17) is 14.6 Å². The number of methoxy groups -OCH3 is 1. The van der Waals surface area contributed by atoms with E-state index in [-0.39, 0.29) is 11.8 Å². The van der Waals surface area contributed by atoms with Gasteiger partial charge in [0, 0.05) is 13.0 Å². The number of para-hydroxylation sites is 1. The third kappa shape index (κ3) is 2.64. The monoisotopic (exact) mass is 250 g/mol. The van der Waals surface area contributed by atoms with Crippen LogP contribution in [-0.2, 0) is 9.53 Å². The first kappa shape index (κ1) is 12.9. The van der Waals surface area contributed by atoms with Crippen LogP contribution >= 0.6 is 0 Å². The normalized spacial score (nSPS) is 22.3. The first-order chi connectivity index (χ1) is 8.74. The van der Waals surface area contributed by atoms with Crippen LogP contribution in [0.3, 0.4) is 0 Å². The van der Waals surface area contributed by atoms with Gasteiger partial charge in [-0.2, -0.15) is 0 Å². The van der Waals surface area contributed by atoms with Crippen LogP contribution in [0.5, 0.6) is 5.75 Å². The molecular formula is C14H18O4. The minimum atomic E-state index is -0.710. The number of benzene rings is 1. The maximum absolute atomic E-state index is 11.1. The summed E-state index contributed by atoms with van der Waals surface area (Å²) in [5.41, 5.74) is 1.01. The smallest absolute Gasteiger partial charge is 0.307 e. The molecule has 4 nitrogen and oxygen atoms in total. The summed E-state index contributed by atoms with van der Waals surface area (Å²) in [6.45, 7) is 1.01. The van der Waals surface area contributed by atoms with Crippen molar-refractivity contribution in [2.24, 2.45) is 5.92 Å². The highest BCUT2D eigenvalue weighted by Crippen LogP contribution is 2.45. The molecule has 1 aromatic carbocycles. The number of hydrogen-bond acceptors (Lipinski definition) is 3. The van der Waals surface area contributed by atoms with Crippen molar-refractivity contribution in [3.8, 4) is 5.75 Å². The van der Waals surface area contributed by atoms with Gasteiger partial charge in [0.1, 0.15) is 12.4 Å². The summed E-state index contributed by atoms with van der Waals surface area (Å²) in [6.07, 6.45) is 1.67. The molecule has 98 valence electrons. The van der Waals surface area contributed by atoms with E-state index in [0.29, 0.717) is 13.2 Å². The van der Waals surface area contributed by atoms with Gasteiger partial charge in [0.2, 0.25) is 0 Å². The van der Waals surface area contributed by atoms with Crippen LogP contribution in [0.4, 0.5) is 0 Å². The van der Waals surface area contributed by atoms with Gasteiger partial charge in [0.25, 0.3) is 0 Å². The molecule has 18 heavy (non-hydrogen) atoms. The Hall–Kier alpha value is -1.55. The Kier molecular flexibility index (Phi) is 4.20. The van der Waals surface area contributed by atoms with E-state index >= 15 is 0 Å². The molecule has 0 amide bonds. The first-order valence-corrected chi connectivity index (χ1v) is 6.17. The zero-order valence-corrected chi connectivity index (χ0v) is 10.5. The summed E-state index contributed by atoms with van der Waals surface area (Å²) in [5.74, 6) is -0.109. The lowest BCUT2D eigenvalue weighted by atomic mass is 9.70. The molecular weight excluding hydrogens is 232 g/mol. The molecule has 1 N–H and O–H groups in total. The zero-order valence-electron chi connectivity index (χ0n) is 10.5. The Labute approximate surface area is 107 Å². The lowest BCUT2D eigenvalue weighted by Gasteiger charge is -2.34. The van der Waals surface area contributed by atoms with E-state index in [2.05, 4.69) is 0 Å². The van der Waals surface area contributed by atoms with Crippen LogP contribution in [0.25, 0.3) is 0 Å². The highest BCUT2D eigenvalue weighted by Gasteiger charge is 2.38. The van der Waals surface area contributed by atoms with Crippen molar-refractivity contribution < 1.29 is 19.4 Å². The number of ether oxygens (including phenoxy) is 2. The number of hydrogen-bond donors (Lipinski definition) is 1. The molecule has 0 bridgehead atoms. The van der Waals surface area contributed by atoms with Gasteiger partial charge < -0.3 is 14.6 Å². The van der Waals surface area contributed by atoms with Crippen molar-refractivity contribution in [3.05, 3.63) is 29.8 Å². The third-order valence-corrected chi connectivity index (χ3v) is 3.46. The molecule has 1 aliphatic carbocycles.